The van der Waals surface area contributed by atoms with Gasteiger partial charge in [0.15, 0.2) is 0 Å². The summed E-state index contributed by atoms with van der Waals surface area (Å²) in [5.41, 5.74) is 0. The van der Waals surface area contributed by atoms with Crippen molar-refractivity contribution < 1.29 is 36.9 Å². The third-order valence-corrected chi connectivity index (χ3v) is 7.90. The Morgan fingerprint density at radius 3 is 2.29 bits per heavy atom. The summed E-state index contributed by atoms with van der Waals surface area (Å²) in [6, 6.07) is 1.95. The molecular weight excluding hydrogens is 483 g/mol. The summed E-state index contributed by atoms with van der Waals surface area (Å²) in [6.45, 7) is 8.57. The maximum atomic E-state index is 12.5. The Kier molecular flexibility index (Phi) is 18.0. The predicted molar refractivity (Wildman–Crippen MR) is 134 cm³/mol. The summed E-state index contributed by atoms with van der Waals surface area (Å²) in [6.07, 6.45) is 1.17. The summed E-state index contributed by atoms with van der Waals surface area (Å²) in [5, 5.41) is 11.4. The molecule has 0 aromatic heterocycles. The molecule has 0 aromatic carbocycles. The van der Waals surface area contributed by atoms with Crippen LogP contribution in [0.1, 0.15) is 34.1 Å². The monoisotopic (exact) mass is 523 g/mol. The molecule has 11 nitrogen and oxygen atoms in total. The van der Waals surface area contributed by atoms with E-state index in [1.165, 1.54) is 27.1 Å². The summed E-state index contributed by atoms with van der Waals surface area (Å²) in [4.78, 5) is 11.4. The highest BCUT2D eigenvalue weighted by molar-refractivity contribution is 7.57. The van der Waals surface area contributed by atoms with Crippen molar-refractivity contribution >= 4 is 29.9 Å². The molecule has 14 heteroatoms. The molecule has 0 aliphatic heterocycles. The molecule has 1 N–H and O–H groups in total. The van der Waals surface area contributed by atoms with Crippen LogP contribution in [0.3, 0.4) is 0 Å². The highest BCUT2D eigenvalue weighted by atomic mass is 31.2. The summed E-state index contributed by atoms with van der Waals surface area (Å²) in [5.74, 6) is 1.08. The minimum absolute atomic E-state index is 0.0813. The number of nitriles is 1. The molecule has 0 radical (unpaired) electrons. The molecule has 34 heavy (non-hydrogen) atoms. The van der Waals surface area contributed by atoms with E-state index in [-0.39, 0.29) is 50.8 Å². The number of likely N-dealkylation sites (N-methyl/N-ethyl adjacent to an activating group) is 1. The number of hydrogen-bond donors (Lipinski definition) is 1. The van der Waals surface area contributed by atoms with Crippen LogP contribution in [0.15, 0.2) is 11.9 Å². The first-order valence-corrected chi connectivity index (χ1v) is 13.8. The molecule has 1 amide bonds. The number of carbonyl (C=O) groups excluding carboxylic acids is 1. The Morgan fingerprint density at radius 2 is 1.79 bits per heavy atom. The van der Waals surface area contributed by atoms with Crippen LogP contribution in [0.5, 0.6) is 0 Å². The normalized spacial score (nSPS) is 15.1. The lowest BCUT2D eigenvalue weighted by atomic mass is 10.0. The number of amides is 1. The van der Waals surface area contributed by atoms with Gasteiger partial charge in [0, 0.05) is 45.2 Å². The highest BCUT2D eigenvalue weighted by Crippen LogP contribution is 2.49. The second-order valence-electron chi connectivity index (χ2n) is 7.76. The second-order valence-corrected chi connectivity index (χ2v) is 11.3. The maximum Gasteiger partial charge on any atom is 0.353 e. The van der Waals surface area contributed by atoms with Gasteiger partial charge in [-0.15, -0.1) is 0 Å². The number of nitrogens with zero attached hydrogens (tertiary/aromatic N) is 2. The van der Waals surface area contributed by atoms with Gasteiger partial charge in [0.1, 0.15) is 14.5 Å². The van der Waals surface area contributed by atoms with Gasteiger partial charge in [0.2, 0.25) is 5.91 Å². The van der Waals surface area contributed by atoms with Crippen molar-refractivity contribution in [3.05, 3.63) is 11.9 Å². The van der Waals surface area contributed by atoms with Gasteiger partial charge in [0.25, 0.3) is 8.53 Å². The molecule has 0 heterocycles. The van der Waals surface area contributed by atoms with Crippen LogP contribution in [-0.4, -0.2) is 90.3 Å². The Hall–Kier alpha value is -0.855. The molecule has 0 aliphatic carbocycles. The third kappa shape index (κ3) is 13.9. The zero-order valence-electron chi connectivity index (χ0n) is 21.6. The minimum atomic E-state index is -3.41. The molecule has 0 fully saturated rings. The van der Waals surface area contributed by atoms with E-state index in [4.69, 9.17) is 32.8 Å². The van der Waals surface area contributed by atoms with Gasteiger partial charge < -0.3 is 32.9 Å². The molecule has 0 saturated carbocycles. The summed E-state index contributed by atoms with van der Waals surface area (Å²) < 4.78 is 47.9. The number of nitrogens with one attached hydrogen (secondary N) is 1. The van der Waals surface area contributed by atoms with Crippen LogP contribution in [0.2, 0.25) is 0 Å². The molecule has 0 aromatic rings. The van der Waals surface area contributed by atoms with Crippen LogP contribution >= 0.6 is 16.1 Å². The quantitative estimate of drug-likeness (QED) is 0.153. The largest absolute Gasteiger partial charge is 0.375 e. The van der Waals surface area contributed by atoms with Crippen LogP contribution in [0.25, 0.3) is 0 Å². The molecule has 196 valence electrons. The number of rotatable bonds is 19. The Morgan fingerprint density at radius 1 is 1.18 bits per heavy atom. The predicted octanol–water partition coefficient (Wildman–Crippen LogP) is 2.39. The van der Waals surface area contributed by atoms with E-state index in [2.05, 4.69) is 16.1 Å². The third-order valence-electron chi connectivity index (χ3n) is 4.28. The first kappa shape index (κ1) is 33.1. The summed E-state index contributed by atoms with van der Waals surface area (Å²) in [7, 11) is 1.01. The average molecular weight is 523 g/mol. The van der Waals surface area contributed by atoms with Crippen LogP contribution in [0.4, 0.5) is 0 Å². The Bertz CT molecular complexity index is 677. The van der Waals surface area contributed by atoms with Crippen molar-refractivity contribution in [2.24, 2.45) is 0 Å². The van der Waals surface area contributed by atoms with Crippen molar-refractivity contribution in [2.75, 3.05) is 47.7 Å². The van der Waals surface area contributed by atoms with Crippen LogP contribution < -0.4 is 5.32 Å². The van der Waals surface area contributed by atoms with Crippen molar-refractivity contribution in [3.8, 4) is 6.07 Å². The van der Waals surface area contributed by atoms with E-state index < -0.39 is 28.2 Å². The number of carbonyl (C=O) groups is 1. The average Bonchev–Trinajstić information content (AvgIpc) is 2.79. The van der Waals surface area contributed by atoms with Crippen LogP contribution in [0, 0.1) is 11.3 Å². The molecule has 0 aliphatic rings. The van der Waals surface area contributed by atoms with Crippen molar-refractivity contribution in [1.82, 2.24) is 9.99 Å². The minimum Gasteiger partial charge on any atom is -0.375 e. The van der Waals surface area contributed by atoms with E-state index >= 15 is 0 Å². The fraction of sp³-hybridized carbons (Fsp3) is 0.800. The van der Waals surface area contributed by atoms with Gasteiger partial charge in [-0.25, -0.2) is 4.67 Å². The lowest BCUT2D eigenvalue weighted by Gasteiger charge is -2.36. The van der Waals surface area contributed by atoms with Crippen molar-refractivity contribution in [3.63, 3.8) is 0 Å². The first-order valence-electron chi connectivity index (χ1n) is 11.1. The molecular formula is C20H40BN3O8P2. The maximum absolute atomic E-state index is 12.5. The fourth-order valence-electron chi connectivity index (χ4n) is 2.72. The fourth-order valence-corrected chi connectivity index (χ4v) is 5.13. The van der Waals surface area contributed by atoms with Crippen LogP contribution in [-0.2, 0) is 36.9 Å². The van der Waals surface area contributed by atoms with Gasteiger partial charge in [-0.2, -0.15) is 5.26 Å². The zero-order valence-corrected chi connectivity index (χ0v) is 23.3. The number of ether oxygens (including phenoxy) is 2. The summed E-state index contributed by atoms with van der Waals surface area (Å²) >= 11 is 0. The van der Waals surface area contributed by atoms with Gasteiger partial charge in [0.05, 0.1) is 38.4 Å². The Labute approximate surface area is 206 Å². The molecule has 1 unspecified atom stereocenters. The lowest BCUT2D eigenvalue weighted by molar-refractivity contribution is -0.126. The molecule has 0 bridgehead atoms. The topological polar surface area (TPSA) is 129 Å². The zero-order chi connectivity index (χ0) is 26.1. The van der Waals surface area contributed by atoms with E-state index in [9.17, 15) is 9.36 Å². The SMILES string of the molecule is B[C@@H](COCC(=O)NC)O[C@H](/C=C/P(=O)(OC)OC)COP(OCCC#N)N(C(C)C)C(C)C. The molecule has 0 spiro atoms. The Balaban J connectivity index is 5.46. The van der Waals surface area contributed by atoms with Gasteiger partial charge in [-0.3, -0.25) is 9.36 Å². The highest BCUT2D eigenvalue weighted by Gasteiger charge is 2.28. The number of hydrogen-bond acceptors (Lipinski definition) is 10. The standard InChI is InChI=1S/C20H40BN3O8P2/c1-16(2)24(17(3)4)33(30-11-8-10-22)31-13-18(9-12-34(26,27-6)28-7)32-19(21)14-29-15-20(25)23-5/h9,12,16-19H,8,11,13-15,21H2,1-7H3,(H,23,25)/b12-9+/t18-,19-,33?/m1/s1. The molecule has 3 atom stereocenters. The first-order chi connectivity index (χ1) is 16.0. The van der Waals surface area contributed by atoms with Gasteiger partial charge in [-0.1, -0.05) is 0 Å². The van der Waals surface area contributed by atoms with Gasteiger partial charge >= 0.3 is 7.60 Å². The van der Waals surface area contributed by atoms with E-state index in [1.54, 1.807) is 13.9 Å². The van der Waals surface area contributed by atoms with E-state index in [1.807, 2.05) is 27.7 Å². The van der Waals surface area contributed by atoms with Crippen molar-refractivity contribution in [1.29, 1.82) is 5.26 Å². The molecule has 0 saturated heterocycles. The van der Waals surface area contributed by atoms with Gasteiger partial charge in [-0.05, 0) is 33.8 Å². The lowest BCUT2D eigenvalue weighted by Crippen LogP contribution is -2.35. The smallest absolute Gasteiger partial charge is 0.353 e. The van der Waals surface area contributed by atoms with Crippen molar-refractivity contribution in [2.45, 2.75) is 58.3 Å². The second kappa shape index (κ2) is 18.4. The van der Waals surface area contributed by atoms with E-state index in [0.717, 1.165) is 0 Å². The molecule has 0 rings (SSSR count). The van der Waals surface area contributed by atoms with E-state index in [0.29, 0.717) is 0 Å².